The van der Waals surface area contributed by atoms with Gasteiger partial charge >= 0.3 is 0 Å². The summed E-state index contributed by atoms with van der Waals surface area (Å²) < 4.78 is 0. The summed E-state index contributed by atoms with van der Waals surface area (Å²) >= 11 is 0. The predicted octanol–water partition coefficient (Wildman–Crippen LogP) is 0.0280. The highest BCUT2D eigenvalue weighted by Crippen LogP contribution is 2.14. The van der Waals surface area contributed by atoms with Crippen LogP contribution in [0.2, 0.25) is 0 Å². The van der Waals surface area contributed by atoms with E-state index in [1.807, 2.05) is 12.1 Å². The van der Waals surface area contributed by atoms with Crippen LogP contribution in [0.15, 0.2) is 18.3 Å². The number of rotatable bonds is 3. The maximum absolute atomic E-state index is 9.05. The second kappa shape index (κ2) is 5.91. The van der Waals surface area contributed by atoms with Crippen molar-refractivity contribution in [1.29, 1.82) is 5.26 Å². The van der Waals surface area contributed by atoms with Crippen LogP contribution in [-0.4, -0.2) is 54.1 Å². The van der Waals surface area contributed by atoms with Crippen molar-refractivity contribution in [3.8, 4) is 6.07 Å². The highest BCUT2D eigenvalue weighted by Gasteiger charge is 2.24. The Labute approximate surface area is 108 Å². The van der Waals surface area contributed by atoms with Crippen LogP contribution in [0.5, 0.6) is 0 Å². The van der Waals surface area contributed by atoms with Gasteiger partial charge in [0, 0.05) is 50.5 Å². The minimum absolute atomic E-state index is 0.357. The molecule has 1 saturated heterocycles. The van der Waals surface area contributed by atoms with Crippen molar-refractivity contribution in [2.45, 2.75) is 12.6 Å². The Hall–Kier alpha value is -1.48. The Morgan fingerprint density at radius 2 is 2.39 bits per heavy atom. The highest BCUT2D eigenvalue weighted by atomic mass is 15.3. The Morgan fingerprint density at radius 1 is 1.56 bits per heavy atom. The molecule has 0 amide bonds. The van der Waals surface area contributed by atoms with Gasteiger partial charge in [-0.2, -0.15) is 5.26 Å². The molecule has 5 heteroatoms. The van der Waals surface area contributed by atoms with E-state index >= 15 is 0 Å². The summed E-state index contributed by atoms with van der Waals surface area (Å²) in [7, 11) is 2.12. The topological polar surface area (TPSA) is 69.2 Å². The van der Waals surface area contributed by atoms with Gasteiger partial charge in [0.25, 0.3) is 0 Å². The van der Waals surface area contributed by atoms with Crippen LogP contribution in [0.25, 0.3) is 0 Å². The first-order chi connectivity index (χ1) is 8.74. The average Bonchev–Trinajstić information content (AvgIpc) is 2.41. The van der Waals surface area contributed by atoms with Crippen molar-refractivity contribution in [3.63, 3.8) is 0 Å². The van der Waals surface area contributed by atoms with Gasteiger partial charge in [-0.3, -0.25) is 4.90 Å². The number of hydrogen-bond acceptors (Lipinski definition) is 5. The Balaban J connectivity index is 2.10. The molecular formula is C13H19N5. The maximum Gasteiger partial charge on any atom is 0.144 e. The first kappa shape index (κ1) is 13.0. The fourth-order valence-electron chi connectivity index (χ4n) is 2.37. The molecule has 1 fully saturated rings. The second-order valence-corrected chi connectivity index (χ2v) is 4.75. The van der Waals surface area contributed by atoms with E-state index < -0.39 is 0 Å². The molecule has 2 N–H and O–H groups in total. The second-order valence-electron chi connectivity index (χ2n) is 4.75. The summed E-state index contributed by atoms with van der Waals surface area (Å²) in [6.45, 7) is 4.41. The van der Waals surface area contributed by atoms with Crippen molar-refractivity contribution < 1.29 is 0 Å². The van der Waals surface area contributed by atoms with Gasteiger partial charge in [0.1, 0.15) is 11.8 Å². The zero-order valence-electron chi connectivity index (χ0n) is 10.7. The zero-order valence-corrected chi connectivity index (χ0v) is 10.7. The van der Waals surface area contributed by atoms with Crippen molar-refractivity contribution >= 4 is 0 Å². The van der Waals surface area contributed by atoms with Crippen LogP contribution in [-0.2, 0) is 6.54 Å². The third kappa shape index (κ3) is 2.85. The Kier molecular flexibility index (Phi) is 4.26. The number of piperazine rings is 1. The van der Waals surface area contributed by atoms with Crippen molar-refractivity contribution in [2.24, 2.45) is 5.73 Å². The van der Waals surface area contributed by atoms with Crippen LogP contribution >= 0.6 is 0 Å². The fraction of sp³-hybridized carbons (Fsp3) is 0.538. The molecule has 0 aromatic carbocycles. The first-order valence-electron chi connectivity index (χ1n) is 6.21. The lowest BCUT2D eigenvalue weighted by Gasteiger charge is -2.39. The number of nitrogens with zero attached hydrogens (tertiary/aromatic N) is 4. The quantitative estimate of drug-likeness (QED) is 0.813. The number of nitriles is 1. The summed E-state index contributed by atoms with van der Waals surface area (Å²) in [6.07, 6.45) is 1.66. The summed E-state index contributed by atoms with van der Waals surface area (Å²) in [5.41, 5.74) is 7.34. The van der Waals surface area contributed by atoms with Crippen LogP contribution in [0.4, 0.5) is 0 Å². The molecule has 96 valence electrons. The molecule has 2 rings (SSSR count). The van der Waals surface area contributed by atoms with E-state index in [1.54, 1.807) is 6.20 Å². The summed E-state index contributed by atoms with van der Waals surface area (Å²) in [6, 6.07) is 6.35. The number of nitrogens with two attached hydrogens (primary N) is 1. The molecule has 1 aliphatic rings. The van der Waals surface area contributed by atoms with Gasteiger partial charge in [-0.05, 0) is 13.1 Å². The number of hydrogen-bond donors (Lipinski definition) is 1. The van der Waals surface area contributed by atoms with E-state index in [4.69, 9.17) is 11.0 Å². The minimum Gasteiger partial charge on any atom is -0.329 e. The predicted molar refractivity (Wildman–Crippen MR) is 69.7 cm³/mol. The molecule has 1 aromatic heterocycles. The van der Waals surface area contributed by atoms with Gasteiger partial charge in [-0.1, -0.05) is 6.07 Å². The zero-order chi connectivity index (χ0) is 13.0. The molecule has 0 saturated carbocycles. The molecule has 1 atom stereocenters. The standard InChI is InChI=1S/C13H19N5/c1-17-5-6-18(12(7-14)10-17)9-11-3-2-4-16-13(11)8-15/h2-4,12H,5-7,9-10,14H2,1H3. The number of likely N-dealkylation sites (N-methyl/N-ethyl adjacent to an activating group) is 1. The molecule has 5 nitrogen and oxygen atoms in total. The van der Waals surface area contributed by atoms with Gasteiger partial charge in [-0.15, -0.1) is 0 Å². The molecule has 1 unspecified atom stereocenters. The molecule has 0 radical (unpaired) electrons. The van der Waals surface area contributed by atoms with E-state index in [0.717, 1.165) is 31.7 Å². The molecule has 1 aliphatic heterocycles. The van der Waals surface area contributed by atoms with E-state index in [0.29, 0.717) is 18.3 Å². The highest BCUT2D eigenvalue weighted by molar-refractivity contribution is 5.30. The van der Waals surface area contributed by atoms with Gasteiger partial charge < -0.3 is 10.6 Å². The van der Waals surface area contributed by atoms with Gasteiger partial charge in [0.15, 0.2) is 0 Å². The van der Waals surface area contributed by atoms with Crippen LogP contribution < -0.4 is 5.73 Å². The largest absolute Gasteiger partial charge is 0.329 e. The minimum atomic E-state index is 0.357. The SMILES string of the molecule is CN1CCN(Cc2cccnc2C#N)C(CN)C1. The third-order valence-electron chi connectivity index (χ3n) is 3.45. The van der Waals surface area contributed by atoms with Crippen molar-refractivity contribution in [1.82, 2.24) is 14.8 Å². The Bertz CT molecular complexity index is 439. The summed E-state index contributed by atoms with van der Waals surface area (Å²) in [4.78, 5) is 8.74. The van der Waals surface area contributed by atoms with Gasteiger partial charge in [0.05, 0.1) is 0 Å². The lowest BCUT2D eigenvalue weighted by Crippen LogP contribution is -2.54. The van der Waals surface area contributed by atoms with E-state index in [1.165, 1.54) is 0 Å². The van der Waals surface area contributed by atoms with Crippen LogP contribution in [0, 0.1) is 11.3 Å². The Morgan fingerprint density at radius 3 is 3.11 bits per heavy atom. The van der Waals surface area contributed by atoms with E-state index in [2.05, 4.69) is 27.9 Å². The average molecular weight is 245 g/mol. The van der Waals surface area contributed by atoms with Gasteiger partial charge in [0.2, 0.25) is 0 Å². The fourth-order valence-corrected chi connectivity index (χ4v) is 2.37. The summed E-state index contributed by atoms with van der Waals surface area (Å²) in [5, 5.41) is 9.05. The molecular weight excluding hydrogens is 226 g/mol. The first-order valence-corrected chi connectivity index (χ1v) is 6.21. The van der Waals surface area contributed by atoms with E-state index in [9.17, 15) is 0 Å². The molecule has 0 spiro atoms. The van der Waals surface area contributed by atoms with Crippen molar-refractivity contribution in [3.05, 3.63) is 29.6 Å². The lowest BCUT2D eigenvalue weighted by atomic mass is 10.1. The van der Waals surface area contributed by atoms with Crippen LogP contribution in [0.3, 0.4) is 0 Å². The molecule has 1 aromatic rings. The van der Waals surface area contributed by atoms with E-state index in [-0.39, 0.29) is 0 Å². The summed E-state index contributed by atoms with van der Waals surface area (Å²) in [5.74, 6) is 0. The van der Waals surface area contributed by atoms with Crippen molar-refractivity contribution in [2.75, 3.05) is 33.2 Å². The number of aromatic nitrogens is 1. The smallest absolute Gasteiger partial charge is 0.144 e. The molecule has 18 heavy (non-hydrogen) atoms. The monoisotopic (exact) mass is 245 g/mol. The normalized spacial score (nSPS) is 21.7. The lowest BCUT2D eigenvalue weighted by molar-refractivity contribution is 0.0879. The molecule has 0 bridgehead atoms. The molecule has 0 aliphatic carbocycles. The van der Waals surface area contributed by atoms with Gasteiger partial charge in [-0.25, -0.2) is 4.98 Å². The maximum atomic E-state index is 9.05. The third-order valence-corrected chi connectivity index (χ3v) is 3.45. The number of pyridine rings is 1. The van der Waals surface area contributed by atoms with Crippen LogP contribution in [0.1, 0.15) is 11.3 Å². The molecule has 2 heterocycles.